The Morgan fingerprint density at radius 1 is 1.19 bits per heavy atom. The Morgan fingerprint density at radius 3 is 2.52 bits per heavy atom. The zero-order valence-electron chi connectivity index (χ0n) is 12.1. The van der Waals surface area contributed by atoms with Crippen LogP contribution in [0.15, 0.2) is 30.3 Å². The molecule has 0 aliphatic carbocycles. The van der Waals surface area contributed by atoms with E-state index >= 15 is 0 Å². The van der Waals surface area contributed by atoms with Gasteiger partial charge in [-0.2, -0.15) is 0 Å². The van der Waals surface area contributed by atoms with Crippen LogP contribution in [-0.4, -0.2) is 45.9 Å². The average molecular weight is 293 g/mol. The third-order valence-electron chi connectivity index (χ3n) is 2.50. The fourth-order valence-electron chi connectivity index (χ4n) is 1.41. The standard InChI is InChI=1S/C15H19NO5/c1-19-10-9-16-14(17)11-21-15(18)8-5-12-3-6-13(20-2)7-4-12/h3-8H,9-11H2,1-2H3,(H,16,17)/b8-5+. The summed E-state index contributed by atoms with van der Waals surface area (Å²) in [7, 11) is 3.12. The van der Waals surface area contributed by atoms with Crippen LogP contribution in [0.5, 0.6) is 5.75 Å². The first-order valence-electron chi connectivity index (χ1n) is 6.40. The summed E-state index contributed by atoms with van der Waals surface area (Å²) in [6.07, 6.45) is 2.87. The second-order valence-corrected chi connectivity index (χ2v) is 4.06. The van der Waals surface area contributed by atoms with Gasteiger partial charge in [0.05, 0.1) is 13.7 Å². The Balaban J connectivity index is 2.32. The highest BCUT2D eigenvalue weighted by molar-refractivity contribution is 5.89. The van der Waals surface area contributed by atoms with E-state index in [1.54, 1.807) is 37.5 Å². The highest BCUT2D eigenvalue weighted by Gasteiger charge is 2.04. The molecule has 114 valence electrons. The first kappa shape index (κ1) is 16.7. The quantitative estimate of drug-likeness (QED) is 0.440. The lowest BCUT2D eigenvalue weighted by Gasteiger charge is -2.04. The number of carbonyl (C=O) groups is 2. The van der Waals surface area contributed by atoms with Crippen LogP contribution in [0.2, 0.25) is 0 Å². The number of esters is 1. The summed E-state index contributed by atoms with van der Waals surface area (Å²) in [5.41, 5.74) is 0.831. The molecular weight excluding hydrogens is 274 g/mol. The van der Waals surface area contributed by atoms with Crippen molar-refractivity contribution in [2.24, 2.45) is 0 Å². The summed E-state index contributed by atoms with van der Waals surface area (Å²) in [5.74, 6) is -0.201. The molecule has 1 amide bonds. The number of amides is 1. The van der Waals surface area contributed by atoms with Crippen molar-refractivity contribution >= 4 is 18.0 Å². The second-order valence-electron chi connectivity index (χ2n) is 4.06. The molecule has 1 aromatic carbocycles. The van der Waals surface area contributed by atoms with Gasteiger partial charge in [0.2, 0.25) is 0 Å². The molecule has 0 saturated heterocycles. The number of carbonyl (C=O) groups excluding carboxylic acids is 2. The van der Waals surface area contributed by atoms with Gasteiger partial charge in [-0.15, -0.1) is 0 Å². The Labute approximate surface area is 123 Å². The molecule has 0 aliphatic rings. The summed E-state index contributed by atoms with van der Waals surface area (Å²) >= 11 is 0. The van der Waals surface area contributed by atoms with E-state index in [1.807, 2.05) is 0 Å². The number of hydrogen-bond donors (Lipinski definition) is 1. The van der Waals surface area contributed by atoms with Crippen molar-refractivity contribution in [1.29, 1.82) is 0 Å². The molecule has 0 fully saturated rings. The number of rotatable bonds is 8. The summed E-state index contributed by atoms with van der Waals surface area (Å²) in [6, 6.07) is 7.18. The minimum Gasteiger partial charge on any atom is -0.497 e. The van der Waals surface area contributed by atoms with Crippen molar-refractivity contribution in [2.75, 3.05) is 34.0 Å². The van der Waals surface area contributed by atoms with Gasteiger partial charge in [-0.3, -0.25) is 4.79 Å². The molecule has 6 nitrogen and oxygen atoms in total. The van der Waals surface area contributed by atoms with E-state index in [9.17, 15) is 9.59 Å². The van der Waals surface area contributed by atoms with E-state index in [2.05, 4.69) is 5.32 Å². The van der Waals surface area contributed by atoms with Crippen molar-refractivity contribution in [2.45, 2.75) is 0 Å². The molecule has 1 N–H and O–H groups in total. The fourth-order valence-corrected chi connectivity index (χ4v) is 1.41. The van der Waals surface area contributed by atoms with E-state index in [1.165, 1.54) is 13.2 Å². The second kappa shape index (κ2) is 9.55. The third-order valence-corrected chi connectivity index (χ3v) is 2.50. The van der Waals surface area contributed by atoms with Crippen LogP contribution < -0.4 is 10.1 Å². The Kier molecular flexibility index (Phi) is 7.60. The molecule has 1 rings (SSSR count). The molecule has 0 atom stereocenters. The molecule has 0 saturated carbocycles. The average Bonchev–Trinajstić information content (AvgIpc) is 2.51. The normalized spacial score (nSPS) is 10.4. The lowest BCUT2D eigenvalue weighted by molar-refractivity contribution is -0.143. The summed E-state index contributed by atoms with van der Waals surface area (Å²) in [4.78, 5) is 22.7. The largest absolute Gasteiger partial charge is 0.497 e. The molecule has 0 aromatic heterocycles. The van der Waals surface area contributed by atoms with Gasteiger partial charge in [0, 0.05) is 19.7 Å². The maximum absolute atomic E-state index is 11.4. The molecule has 21 heavy (non-hydrogen) atoms. The number of ether oxygens (including phenoxy) is 3. The predicted octanol–water partition coefficient (Wildman–Crippen LogP) is 1.01. The van der Waals surface area contributed by atoms with Gasteiger partial charge in [0.1, 0.15) is 5.75 Å². The van der Waals surface area contributed by atoms with E-state index in [0.717, 1.165) is 11.3 Å². The van der Waals surface area contributed by atoms with Crippen molar-refractivity contribution in [3.63, 3.8) is 0 Å². The van der Waals surface area contributed by atoms with E-state index in [4.69, 9.17) is 14.2 Å². The topological polar surface area (TPSA) is 73.9 Å². The number of nitrogens with one attached hydrogen (secondary N) is 1. The zero-order valence-corrected chi connectivity index (χ0v) is 12.1. The van der Waals surface area contributed by atoms with Gasteiger partial charge >= 0.3 is 5.97 Å². The third kappa shape index (κ3) is 7.12. The number of hydrogen-bond acceptors (Lipinski definition) is 5. The molecule has 0 unspecified atom stereocenters. The molecule has 6 heteroatoms. The van der Waals surface area contributed by atoms with E-state index in [0.29, 0.717) is 13.2 Å². The van der Waals surface area contributed by atoms with Gasteiger partial charge in [0.15, 0.2) is 6.61 Å². The SMILES string of the molecule is COCCNC(=O)COC(=O)/C=C/c1ccc(OC)cc1. The lowest BCUT2D eigenvalue weighted by Crippen LogP contribution is -2.31. The summed E-state index contributed by atoms with van der Waals surface area (Å²) in [6.45, 7) is 0.487. The molecular formula is C15H19NO5. The smallest absolute Gasteiger partial charge is 0.331 e. The Bertz CT molecular complexity index is 481. The minimum atomic E-state index is -0.576. The van der Waals surface area contributed by atoms with E-state index in [-0.39, 0.29) is 12.5 Å². The molecule has 1 aromatic rings. The van der Waals surface area contributed by atoms with Crippen LogP contribution in [0.25, 0.3) is 6.08 Å². The predicted molar refractivity (Wildman–Crippen MR) is 77.9 cm³/mol. The Hall–Kier alpha value is -2.34. The highest BCUT2D eigenvalue weighted by atomic mass is 16.5. The maximum atomic E-state index is 11.4. The van der Waals surface area contributed by atoms with Gasteiger partial charge in [-0.1, -0.05) is 12.1 Å². The maximum Gasteiger partial charge on any atom is 0.331 e. The fraction of sp³-hybridized carbons (Fsp3) is 0.333. The number of methoxy groups -OCH3 is 2. The van der Waals surface area contributed by atoms with Crippen molar-refractivity contribution < 1.29 is 23.8 Å². The highest BCUT2D eigenvalue weighted by Crippen LogP contribution is 2.12. The van der Waals surface area contributed by atoms with Crippen LogP contribution >= 0.6 is 0 Å². The zero-order chi connectivity index (χ0) is 15.5. The lowest BCUT2D eigenvalue weighted by atomic mass is 10.2. The van der Waals surface area contributed by atoms with Gasteiger partial charge in [-0.25, -0.2) is 4.79 Å². The summed E-state index contributed by atoms with van der Waals surface area (Å²) < 4.78 is 14.6. The molecule has 0 heterocycles. The van der Waals surface area contributed by atoms with Crippen molar-refractivity contribution in [1.82, 2.24) is 5.32 Å². The van der Waals surface area contributed by atoms with Crippen LogP contribution in [0.1, 0.15) is 5.56 Å². The van der Waals surface area contributed by atoms with Gasteiger partial charge in [-0.05, 0) is 23.8 Å². The molecule has 0 spiro atoms. The van der Waals surface area contributed by atoms with Crippen LogP contribution in [-0.2, 0) is 19.1 Å². The Morgan fingerprint density at radius 2 is 1.90 bits per heavy atom. The molecule has 0 aliphatic heterocycles. The summed E-state index contributed by atoms with van der Waals surface area (Å²) in [5, 5.41) is 2.55. The van der Waals surface area contributed by atoms with Gasteiger partial charge in [0.25, 0.3) is 5.91 Å². The first-order chi connectivity index (χ1) is 10.2. The number of benzene rings is 1. The monoisotopic (exact) mass is 293 g/mol. The van der Waals surface area contributed by atoms with E-state index < -0.39 is 5.97 Å². The molecule has 0 radical (unpaired) electrons. The van der Waals surface area contributed by atoms with Crippen molar-refractivity contribution in [3.05, 3.63) is 35.9 Å². The van der Waals surface area contributed by atoms with Gasteiger partial charge < -0.3 is 19.5 Å². The van der Waals surface area contributed by atoms with Crippen LogP contribution in [0.4, 0.5) is 0 Å². The van der Waals surface area contributed by atoms with Crippen molar-refractivity contribution in [3.8, 4) is 5.75 Å². The van der Waals surface area contributed by atoms with Crippen LogP contribution in [0, 0.1) is 0 Å². The molecule has 0 bridgehead atoms. The van der Waals surface area contributed by atoms with Crippen LogP contribution in [0.3, 0.4) is 0 Å². The minimum absolute atomic E-state index is 0.310. The first-order valence-corrected chi connectivity index (χ1v) is 6.40.